The van der Waals surface area contributed by atoms with Crippen LogP contribution in [0, 0.1) is 21.7 Å². The van der Waals surface area contributed by atoms with Crippen LogP contribution in [0.1, 0.15) is 18.6 Å². The quantitative estimate of drug-likeness (QED) is 0.422. The zero-order valence-electron chi connectivity index (χ0n) is 13.9. The summed E-state index contributed by atoms with van der Waals surface area (Å²) < 4.78 is 42.3. The number of hydrogen-bond acceptors (Lipinski definition) is 6. The number of carbonyl (C=O) groups excluding carboxylic acids is 1. The van der Waals surface area contributed by atoms with Crippen molar-refractivity contribution in [3.05, 3.63) is 63.7 Å². The second kappa shape index (κ2) is 8.24. The highest BCUT2D eigenvalue weighted by Crippen LogP contribution is 2.31. The Bertz CT molecular complexity index is 807. The number of hydrogen-bond donors (Lipinski definition) is 0. The fraction of sp³-hybridized carbons (Fsp3) is 0.235. The lowest BCUT2D eigenvalue weighted by Crippen LogP contribution is -2.18. The van der Waals surface area contributed by atoms with Crippen molar-refractivity contribution in [1.29, 1.82) is 0 Å². The van der Waals surface area contributed by atoms with Gasteiger partial charge in [-0.2, -0.15) is 0 Å². The molecule has 9 heteroatoms. The molecule has 1 unspecified atom stereocenters. The molecule has 0 saturated heterocycles. The maximum atomic E-state index is 13.7. The van der Waals surface area contributed by atoms with Crippen LogP contribution in [0.4, 0.5) is 14.5 Å². The standard InChI is InChI=1S/C17H15F2NO6/c1-10(17-12(18)4-3-5-13(17)19)26-16(21)9-25-11-6-7-14(20(22)23)15(8-11)24-2/h3-8,10H,9H2,1-2H3. The summed E-state index contributed by atoms with van der Waals surface area (Å²) >= 11 is 0. The van der Waals surface area contributed by atoms with Gasteiger partial charge in [-0.1, -0.05) is 6.07 Å². The van der Waals surface area contributed by atoms with E-state index in [-0.39, 0.29) is 22.7 Å². The minimum Gasteiger partial charge on any atom is -0.490 e. The Balaban J connectivity index is 2.00. The van der Waals surface area contributed by atoms with Gasteiger partial charge in [0.25, 0.3) is 0 Å². The first-order valence-corrected chi connectivity index (χ1v) is 7.42. The molecule has 1 atom stereocenters. The number of nitro benzene ring substituents is 1. The molecular formula is C17H15F2NO6. The van der Waals surface area contributed by atoms with E-state index in [0.29, 0.717) is 0 Å². The second-order valence-corrected chi connectivity index (χ2v) is 5.15. The fourth-order valence-electron chi connectivity index (χ4n) is 2.23. The molecule has 2 aromatic carbocycles. The first-order valence-electron chi connectivity index (χ1n) is 7.42. The largest absolute Gasteiger partial charge is 0.490 e. The third kappa shape index (κ3) is 4.44. The molecule has 138 valence electrons. The summed E-state index contributed by atoms with van der Waals surface area (Å²) in [6.45, 7) is 0.773. The van der Waals surface area contributed by atoms with Crippen LogP contribution in [0.15, 0.2) is 36.4 Å². The predicted octanol–water partition coefficient (Wildman–Crippen LogP) is 3.56. The van der Waals surface area contributed by atoms with Crippen LogP contribution < -0.4 is 9.47 Å². The molecule has 2 aromatic rings. The molecule has 0 aliphatic rings. The molecule has 2 rings (SSSR count). The summed E-state index contributed by atoms with van der Waals surface area (Å²) in [6.07, 6.45) is -1.15. The summed E-state index contributed by atoms with van der Waals surface area (Å²) in [4.78, 5) is 22.0. The lowest BCUT2D eigenvalue weighted by atomic mass is 10.1. The van der Waals surface area contributed by atoms with Gasteiger partial charge in [0, 0.05) is 12.1 Å². The van der Waals surface area contributed by atoms with Crippen molar-refractivity contribution in [2.24, 2.45) is 0 Å². The Labute approximate surface area is 147 Å². The molecule has 0 aliphatic heterocycles. The molecule has 0 N–H and O–H groups in total. The topological polar surface area (TPSA) is 87.9 Å². The molecule has 0 amide bonds. The molecule has 0 radical (unpaired) electrons. The fourth-order valence-corrected chi connectivity index (χ4v) is 2.23. The molecular weight excluding hydrogens is 352 g/mol. The number of ether oxygens (including phenoxy) is 3. The highest BCUT2D eigenvalue weighted by atomic mass is 19.1. The predicted molar refractivity (Wildman–Crippen MR) is 86.0 cm³/mol. The van der Waals surface area contributed by atoms with E-state index in [1.165, 1.54) is 32.2 Å². The monoisotopic (exact) mass is 367 g/mol. The van der Waals surface area contributed by atoms with Crippen LogP contribution in [-0.4, -0.2) is 24.6 Å². The average Bonchev–Trinajstić information content (AvgIpc) is 2.59. The third-order valence-corrected chi connectivity index (χ3v) is 3.42. The number of halogens is 2. The van der Waals surface area contributed by atoms with Crippen molar-refractivity contribution in [3.63, 3.8) is 0 Å². The van der Waals surface area contributed by atoms with Gasteiger partial charge in [-0.15, -0.1) is 0 Å². The van der Waals surface area contributed by atoms with Crippen molar-refractivity contribution >= 4 is 11.7 Å². The summed E-state index contributed by atoms with van der Waals surface area (Å²) in [5, 5.41) is 10.8. The van der Waals surface area contributed by atoms with E-state index < -0.39 is 35.2 Å². The van der Waals surface area contributed by atoms with E-state index in [2.05, 4.69) is 0 Å². The molecule has 0 aliphatic carbocycles. The molecule has 0 heterocycles. The van der Waals surface area contributed by atoms with Gasteiger partial charge in [0.05, 0.1) is 17.6 Å². The Hall–Kier alpha value is -3.23. The molecule has 0 aromatic heterocycles. The maximum absolute atomic E-state index is 13.7. The highest BCUT2D eigenvalue weighted by molar-refractivity contribution is 5.71. The van der Waals surface area contributed by atoms with E-state index in [9.17, 15) is 23.7 Å². The van der Waals surface area contributed by atoms with E-state index in [1.807, 2.05) is 0 Å². The highest BCUT2D eigenvalue weighted by Gasteiger charge is 2.20. The molecule has 0 bridgehead atoms. The summed E-state index contributed by atoms with van der Waals surface area (Å²) in [7, 11) is 1.25. The normalized spacial score (nSPS) is 11.5. The van der Waals surface area contributed by atoms with Crippen molar-refractivity contribution in [2.45, 2.75) is 13.0 Å². The van der Waals surface area contributed by atoms with E-state index in [1.54, 1.807) is 0 Å². The van der Waals surface area contributed by atoms with Crippen molar-refractivity contribution in [3.8, 4) is 11.5 Å². The number of methoxy groups -OCH3 is 1. The van der Waals surface area contributed by atoms with Crippen molar-refractivity contribution < 1.29 is 32.7 Å². The minimum absolute atomic E-state index is 0.0392. The Morgan fingerprint density at radius 1 is 1.23 bits per heavy atom. The van der Waals surface area contributed by atoms with Gasteiger partial charge in [-0.25, -0.2) is 13.6 Å². The lowest BCUT2D eigenvalue weighted by molar-refractivity contribution is -0.385. The number of nitro groups is 1. The Kier molecular flexibility index (Phi) is 6.05. The molecule has 26 heavy (non-hydrogen) atoms. The van der Waals surface area contributed by atoms with Crippen LogP contribution in [-0.2, 0) is 9.53 Å². The van der Waals surface area contributed by atoms with Crippen molar-refractivity contribution in [2.75, 3.05) is 13.7 Å². The van der Waals surface area contributed by atoms with E-state index >= 15 is 0 Å². The molecule has 0 spiro atoms. The van der Waals surface area contributed by atoms with Crippen LogP contribution >= 0.6 is 0 Å². The van der Waals surface area contributed by atoms with E-state index in [4.69, 9.17) is 14.2 Å². The Morgan fingerprint density at radius 2 is 1.88 bits per heavy atom. The SMILES string of the molecule is COc1cc(OCC(=O)OC(C)c2c(F)cccc2F)ccc1[N+](=O)[O-]. The maximum Gasteiger partial charge on any atom is 0.344 e. The minimum atomic E-state index is -1.15. The third-order valence-electron chi connectivity index (χ3n) is 3.42. The number of esters is 1. The van der Waals surface area contributed by atoms with Crippen LogP contribution in [0.2, 0.25) is 0 Å². The van der Waals surface area contributed by atoms with Crippen LogP contribution in [0.3, 0.4) is 0 Å². The first-order chi connectivity index (χ1) is 12.3. The van der Waals surface area contributed by atoms with Gasteiger partial charge in [-0.05, 0) is 25.1 Å². The van der Waals surface area contributed by atoms with Crippen LogP contribution in [0.25, 0.3) is 0 Å². The van der Waals surface area contributed by atoms with Gasteiger partial charge in [0.2, 0.25) is 5.75 Å². The van der Waals surface area contributed by atoms with Gasteiger partial charge < -0.3 is 14.2 Å². The van der Waals surface area contributed by atoms with Gasteiger partial charge in [0.15, 0.2) is 6.61 Å². The molecule has 0 fully saturated rings. The van der Waals surface area contributed by atoms with Crippen LogP contribution in [0.5, 0.6) is 11.5 Å². The summed E-state index contributed by atoms with van der Waals surface area (Å²) in [5.74, 6) is -2.42. The van der Waals surface area contributed by atoms with Crippen molar-refractivity contribution in [1.82, 2.24) is 0 Å². The lowest BCUT2D eigenvalue weighted by Gasteiger charge is -2.15. The zero-order chi connectivity index (χ0) is 19.3. The number of benzene rings is 2. The Morgan fingerprint density at radius 3 is 2.46 bits per heavy atom. The number of nitrogens with zero attached hydrogens (tertiary/aromatic N) is 1. The summed E-state index contributed by atoms with van der Waals surface area (Å²) in [6, 6.07) is 7.01. The molecule has 7 nitrogen and oxygen atoms in total. The van der Waals surface area contributed by atoms with Gasteiger partial charge in [-0.3, -0.25) is 10.1 Å². The first kappa shape index (κ1) is 19.1. The number of rotatable bonds is 7. The van der Waals surface area contributed by atoms with Gasteiger partial charge in [0.1, 0.15) is 23.5 Å². The average molecular weight is 367 g/mol. The molecule has 0 saturated carbocycles. The zero-order valence-corrected chi connectivity index (χ0v) is 13.9. The van der Waals surface area contributed by atoms with Gasteiger partial charge >= 0.3 is 11.7 Å². The number of carbonyl (C=O) groups is 1. The second-order valence-electron chi connectivity index (χ2n) is 5.15. The summed E-state index contributed by atoms with van der Waals surface area (Å²) in [5.41, 5.74) is -0.621. The van der Waals surface area contributed by atoms with E-state index in [0.717, 1.165) is 18.2 Å². The smallest absolute Gasteiger partial charge is 0.344 e.